The number of ether oxygens (including phenoxy) is 2. The van der Waals surface area contributed by atoms with Crippen LogP contribution in [0.25, 0.3) is 22.4 Å². The summed E-state index contributed by atoms with van der Waals surface area (Å²) in [4.78, 5) is 16.0. The third-order valence-corrected chi connectivity index (χ3v) is 4.64. The normalized spacial score (nSPS) is 11.0. The fourth-order valence-electron chi connectivity index (χ4n) is 2.36. The number of hydrogen-bond acceptors (Lipinski definition) is 5. The summed E-state index contributed by atoms with van der Waals surface area (Å²) in [6.45, 7) is 2.50. The number of hydrogen-bond donors (Lipinski definition) is 1. The third-order valence-electron chi connectivity index (χ3n) is 3.65. The van der Waals surface area contributed by atoms with Crippen LogP contribution in [-0.2, 0) is 4.79 Å². The number of fused-ring (bicyclic) bond motifs is 1. The lowest BCUT2D eigenvalue weighted by Gasteiger charge is -2.06. The molecule has 26 heavy (non-hydrogen) atoms. The number of benzene rings is 2. The van der Waals surface area contributed by atoms with Crippen molar-refractivity contribution in [3.63, 3.8) is 0 Å². The number of methoxy groups -OCH3 is 1. The first-order valence-corrected chi connectivity index (χ1v) is 9.12. The van der Waals surface area contributed by atoms with Crippen LogP contribution in [0.2, 0.25) is 0 Å². The second-order valence-electron chi connectivity index (χ2n) is 5.53. The lowest BCUT2D eigenvalue weighted by molar-refractivity contribution is -0.122. The lowest BCUT2D eigenvalue weighted by Crippen LogP contribution is -2.28. The van der Waals surface area contributed by atoms with Crippen LogP contribution in [0.5, 0.6) is 11.5 Å². The Balaban J connectivity index is 1.64. The van der Waals surface area contributed by atoms with Gasteiger partial charge < -0.3 is 14.8 Å². The largest absolute Gasteiger partial charge is 0.497 e. The fraction of sp³-hybridized carbons (Fsp3) is 0.200. The number of carbonyl (C=O) groups excluding carboxylic acids is 1. The smallest absolute Gasteiger partial charge is 0.257 e. The molecule has 6 heteroatoms. The molecule has 0 aliphatic rings. The second kappa shape index (κ2) is 8.49. The zero-order chi connectivity index (χ0) is 18.4. The topological polar surface area (TPSA) is 60.5 Å². The Kier molecular flexibility index (Phi) is 5.86. The van der Waals surface area contributed by atoms with E-state index in [1.165, 1.54) is 0 Å². The second-order valence-corrected chi connectivity index (χ2v) is 6.59. The standard InChI is InChI=1S/C20H20N2O3S/c1-3-21-19(23)13-25-15-7-4-14(5-8-15)6-11-20-22-17-10-9-16(24-2)12-18(17)26-20/h4-12H,3,13H2,1-2H3,(H,21,23)/b11-6+. The van der Waals surface area contributed by atoms with E-state index in [0.29, 0.717) is 12.3 Å². The van der Waals surface area contributed by atoms with Gasteiger partial charge in [0.05, 0.1) is 17.3 Å². The molecule has 1 aromatic heterocycles. The molecule has 3 rings (SSSR count). The molecule has 1 amide bonds. The van der Waals surface area contributed by atoms with E-state index in [0.717, 1.165) is 26.5 Å². The van der Waals surface area contributed by atoms with Crippen molar-refractivity contribution < 1.29 is 14.3 Å². The first-order chi connectivity index (χ1) is 12.7. The summed E-state index contributed by atoms with van der Waals surface area (Å²) in [7, 11) is 1.66. The molecular weight excluding hydrogens is 348 g/mol. The molecule has 0 aliphatic carbocycles. The molecule has 0 radical (unpaired) electrons. The zero-order valence-electron chi connectivity index (χ0n) is 14.7. The molecule has 134 valence electrons. The minimum Gasteiger partial charge on any atom is -0.497 e. The van der Waals surface area contributed by atoms with Crippen molar-refractivity contribution in [2.45, 2.75) is 6.92 Å². The molecule has 3 aromatic rings. The summed E-state index contributed by atoms with van der Waals surface area (Å²) in [5, 5.41) is 3.63. The highest BCUT2D eigenvalue weighted by Crippen LogP contribution is 2.27. The first kappa shape index (κ1) is 17.9. The van der Waals surface area contributed by atoms with Gasteiger partial charge in [0.25, 0.3) is 5.91 Å². The minimum absolute atomic E-state index is 0.0260. The van der Waals surface area contributed by atoms with Gasteiger partial charge >= 0.3 is 0 Å². The molecule has 0 unspecified atom stereocenters. The van der Waals surface area contributed by atoms with Gasteiger partial charge in [-0.1, -0.05) is 18.2 Å². The molecule has 0 saturated carbocycles. The average molecular weight is 368 g/mol. The maximum atomic E-state index is 11.4. The van der Waals surface area contributed by atoms with Gasteiger partial charge in [0.2, 0.25) is 0 Å². The van der Waals surface area contributed by atoms with Crippen LogP contribution in [-0.4, -0.2) is 31.2 Å². The van der Waals surface area contributed by atoms with E-state index >= 15 is 0 Å². The van der Waals surface area contributed by atoms with E-state index in [9.17, 15) is 4.79 Å². The highest BCUT2D eigenvalue weighted by molar-refractivity contribution is 7.19. The van der Waals surface area contributed by atoms with Gasteiger partial charge in [0, 0.05) is 6.54 Å². The summed E-state index contributed by atoms with van der Waals surface area (Å²) >= 11 is 1.62. The van der Waals surface area contributed by atoms with Gasteiger partial charge in [-0.3, -0.25) is 4.79 Å². The summed E-state index contributed by atoms with van der Waals surface area (Å²) in [5.74, 6) is 1.38. The van der Waals surface area contributed by atoms with Gasteiger partial charge in [-0.25, -0.2) is 4.98 Å². The predicted molar refractivity (Wildman–Crippen MR) is 106 cm³/mol. The maximum Gasteiger partial charge on any atom is 0.257 e. The third kappa shape index (κ3) is 4.61. The number of nitrogens with one attached hydrogen (secondary N) is 1. The molecule has 0 fully saturated rings. The molecule has 0 aliphatic heterocycles. The Hall–Kier alpha value is -2.86. The van der Waals surface area contributed by atoms with Gasteiger partial charge in [-0.15, -0.1) is 11.3 Å². The molecule has 0 saturated heterocycles. The van der Waals surface area contributed by atoms with E-state index in [1.807, 2.05) is 61.5 Å². The van der Waals surface area contributed by atoms with Crippen molar-refractivity contribution in [2.75, 3.05) is 20.3 Å². The summed E-state index contributed by atoms with van der Waals surface area (Å²) < 4.78 is 11.8. The van der Waals surface area contributed by atoms with Crippen molar-refractivity contribution in [2.24, 2.45) is 0 Å². The summed E-state index contributed by atoms with van der Waals surface area (Å²) in [5.41, 5.74) is 2.00. The van der Waals surface area contributed by atoms with Crippen LogP contribution in [0, 0.1) is 0 Å². The van der Waals surface area contributed by atoms with Gasteiger partial charge in [0.1, 0.15) is 16.5 Å². The average Bonchev–Trinajstić information content (AvgIpc) is 3.07. The Bertz CT molecular complexity index is 916. The molecular formula is C20H20N2O3S. The highest BCUT2D eigenvalue weighted by Gasteiger charge is 2.03. The molecule has 1 N–H and O–H groups in total. The number of aromatic nitrogens is 1. The van der Waals surface area contributed by atoms with E-state index in [1.54, 1.807) is 18.4 Å². The van der Waals surface area contributed by atoms with Crippen molar-refractivity contribution in [3.8, 4) is 11.5 Å². The number of rotatable bonds is 7. The van der Waals surface area contributed by atoms with Crippen LogP contribution >= 0.6 is 11.3 Å². The molecule has 0 spiro atoms. The van der Waals surface area contributed by atoms with E-state index in [-0.39, 0.29) is 12.5 Å². The predicted octanol–water partition coefficient (Wildman–Crippen LogP) is 3.99. The van der Waals surface area contributed by atoms with E-state index in [4.69, 9.17) is 9.47 Å². The maximum absolute atomic E-state index is 11.4. The first-order valence-electron chi connectivity index (χ1n) is 8.30. The van der Waals surface area contributed by atoms with Gasteiger partial charge in [-0.05, 0) is 48.9 Å². The Morgan fingerprint density at radius 2 is 1.92 bits per heavy atom. The number of likely N-dealkylation sites (N-methyl/N-ethyl adjacent to an activating group) is 1. The van der Waals surface area contributed by atoms with Crippen LogP contribution in [0.4, 0.5) is 0 Å². The fourth-order valence-corrected chi connectivity index (χ4v) is 3.26. The van der Waals surface area contributed by atoms with Crippen LogP contribution < -0.4 is 14.8 Å². The summed E-state index contributed by atoms with van der Waals surface area (Å²) in [6.07, 6.45) is 3.99. The van der Waals surface area contributed by atoms with Crippen LogP contribution in [0.1, 0.15) is 17.5 Å². The van der Waals surface area contributed by atoms with Crippen molar-refractivity contribution in [1.82, 2.24) is 10.3 Å². The van der Waals surface area contributed by atoms with Crippen LogP contribution in [0.3, 0.4) is 0 Å². The lowest BCUT2D eigenvalue weighted by atomic mass is 10.2. The Morgan fingerprint density at radius 1 is 1.15 bits per heavy atom. The SMILES string of the molecule is CCNC(=O)COc1ccc(/C=C/c2nc3ccc(OC)cc3s2)cc1. The monoisotopic (exact) mass is 368 g/mol. The Morgan fingerprint density at radius 3 is 2.65 bits per heavy atom. The van der Waals surface area contributed by atoms with Crippen molar-refractivity contribution in [3.05, 3.63) is 53.0 Å². The van der Waals surface area contributed by atoms with E-state index in [2.05, 4.69) is 10.3 Å². The number of thiazole rings is 1. The van der Waals surface area contributed by atoms with Gasteiger partial charge in [0.15, 0.2) is 6.61 Å². The molecule has 0 atom stereocenters. The summed E-state index contributed by atoms with van der Waals surface area (Å²) in [6, 6.07) is 13.5. The minimum atomic E-state index is -0.121. The Labute approximate surface area is 156 Å². The van der Waals surface area contributed by atoms with Crippen molar-refractivity contribution >= 4 is 39.6 Å². The highest BCUT2D eigenvalue weighted by atomic mass is 32.1. The molecule has 0 bridgehead atoms. The molecule has 2 aromatic carbocycles. The van der Waals surface area contributed by atoms with Crippen molar-refractivity contribution in [1.29, 1.82) is 0 Å². The quantitative estimate of drug-likeness (QED) is 0.685. The molecule has 5 nitrogen and oxygen atoms in total. The van der Waals surface area contributed by atoms with E-state index < -0.39 is 0 Å². The van der Waals surface area contributed by atoms with Gasteiger partial charge in [-0.2, -0.15) is 0 Å². The number of nitrogens with zero attached hydrogens (tertiary/aromatic N) is 1. The van der Waals surface area contributed by atoms with Crippen LogP contribution in [0.15, 0.2) is 42.5 Å². The number of amides is 1. The number of carbonyl (C=O) groups is 1. The molecule has 1 heterocycles. The zero-order valence-corrected chi connectivity index (χ0v) is 15.5.